The van der Waals surface area contributed by atoms with Crippen LogP contribution in [0.3, 0.4) is 0 Å². The van der Waals surface area contributed by atoms with E-state index in [-0.39, 0.29) is 16.9 Å². The van der Waals surface area contributed by atoms with E-state index in [1.54, 1.807) is 42.2 Å². The first-order valence-corrected chi connectivity index (χ1v) is 16.4. The molecule has 2 N–H and O–H groups in total. The molecular weight excluding hydrogens is 678 g/mol. The van der Waals surface area contributed by atoms with Crippen molar-refractivity contribution in [2.75, 3.05) is 16.4 Å². The number of benzene rings is 4. The summed E-state index contributed by atoms with van der Waals surface area (Å²) < 4.78 is 82.0. The molecule has 0 aliphatic carbocycles. The molecule has 13 heteroatoms. The third-order valence-electron chi connectivity index (χ3n) is 7.34. The lowest BCUT2D eigenvalue weighted by Gasteiger charge is -2.13. The van der Waals surface area contributed by atoms with Crippen molar-refractivity contribution in [3.63, 3.8) is 0 Å². The molecule has 0 saturated heterocycles. The molecule has 2 amide bonds. The number of thioether (sulfide) groups is 1. The largest absolute Gasteiger partial charge is 0.416 e. The summed E-state index contributed by atoms with van der Waals surface area (Å²) in [6.07, 6.45) is -4.52. The van der Waals surface area contributed by atoms with Gasteiger partial charge in [-0.1, -0.05) is 55.8 Å². The Balaban J connectivity index is 1.59. The second kappa shape index (κ2) is 15.5. The van der Waals surface area contributed by atoms with E-state index in [4.69, 9.17) is 5.10 Å². The number of alkyl halides is 6. The van der Waals surface area contributed by atoms with Crippen LogP contribution in [0.5, 0.6) is 0 Å². The molecule has 5 aromatic rings. The molecule has 0 aliphatic heterocycles. The van der Waals surface area contributed by atoms with E-state index in [9.17, 15) is 35.9 Å². The average molecular weight is 709 g/mol. The van der Waals surface area contributed by atoms with Gasteiger partial charge in [-0.3, -0.25) is 9.59 Å². The molecule has 1 aromatic heterocycles. The number of anilines is 2. The number of rotatable bonds is 11. The van der Waals surface area contributed by atoms with Gasteiger partial charge in [-0.15, -0.1) is 11.8 Å². The zero-order valence-corrected chi connectivity index (χ0v) is 27.3. The Labute approximate surface area is 288 Å². The average Bonchev–Trinajstić information content (AvgIpc) is 3.51. The second-order valence-electron chi connectivity index (χ2n) is 11.1. The van der Waals surface area contributed by atoms with Crippen molar-refractivity contribution >= 4 is 41.0 Å². The van der Waals surface area contributed by atoms with Gasteiger partial charge in [0.05, 0.1) is 22.5 Å². The van der Waals surface area contributed by atoms with Gasteiger partial charge in [0.25, 0.3) is 11.8 Å². The van der Waals surface area contributed by atoms with E-state index in [0.717, 1.165) is 47.8 Å². The van der Waals surface area contributed by atoms with Crippen molar-refractivity contribution < 1.29 is 35.9 Å². The lowest BCUT2D eigenvalue weighted by molar-refractivity contribution is -0.138. The summed E-state index contributed by atoms with van der Waals surface area (Å²) >= 11 is 1.70. The molecule has 5 rings (SSSR count). The first kappa shape index (κ1) is 36.0. The number of nitrogens with zero attached hydrogens (tertiary/aromatic N) is 2. The first-order chi connectivity index (χ1) is 23.8. The summed E-state index contributed by atoms with van der Waals surface area (Å²) in [6, 6.07) is 24.2. The van der Waals surface area contributed by atoms with Crippen LogP contribution in [-0.4, -0.2) is 27.3 Å². The molecule has 50 heavy (non-hydrogen) atoms. The summed E-state index contributed by atoms with van der Waals surface area (Å²) in [5.74, 6) is -1.26. The van der Waals surface area contributed by atoms with E-state index in [1.807, 2.05) is 30.3 Å². The third-order valence-corrected chi connectivity index (χ3v) is 8.44. The molecule has 1 heterocycles. The number of unbranched alkanes of at least 4 members (excludes halogenated alkanes) is 1. The van der Waals surface area contributed by atoms with Gasteiger partial charge in [-0.25, -0.2) is 4.68 Å². The number of hydrogen-bond acceptors (Lipinski definition) is 4. The van der Waals surface area contributed by atoms with Crippen molar-refractivity contribution in [1.29, 1.82) is 0 Å². The Morgan fingerprint density at radius 2 is 1.32 bits per heavy atom. The molecule has 0 fully saturated rings. The van der Waals surface area contributed by atoms with Gasteiger partial charge in [0.1, 0.15) is 5.57 Å². The summed E-state index contributed by atoms with van der Waals surface area (Å²) in [7, 11) is 0. The first-order valence-electron chi connectivity index (χ1n) is 15.4. The Morgan fingerprint density at radius 1 is 0.760 bits per heavy atom. The predicted octanol–water partition coefficient (Wildman–Crippen LogP) is 10.1. The smallest absolute Gasteiger partial charge is 0.322 e. The van der Waals surface area contributed by atoms with Gasteiger partial charge in [0.15, 0.2) is 0 Å². The van der Waals surface area contributed by atoms with Crippen molar-refractivity contribution in [3.05, 3.63) is 132 Å². The molecule has 0 saturated carbocycles. The minimum Gasteiger partial charge on any atom is -0.322 e. The molecule has 0 atom stereocenters. The van der Waals surface area contributed by atoms with Crippen molar-refractivity contribution in [1.82, 2.24) is 9.78 Å². The molecule has 0 spiro atoms. The Hall–Kier alpha value is -5.30. The summed E-state index contributed by atoms with van der Waals surface area (Å²) in [5.41, 5.74) is -1.21. The van der Waals surface area contributed by atoms with Gasteiger partial charge in [0.2, 0.25) is 0 Å². The number of aromatic nitrogens is 2. The number of halogens is 6. The molecule has 6 nitrogen and oxygen atoms in total. The van der Waals surface area contributed by atoms with Crippen molar-refractivity contribution in [2.45, 2.75) is 37.0 Å². The second-order valence-corrected chi connectivity index (χ2v) is 12.2. The highest BCUT2D eigenvalue weighted by molar-refractivity contribution is 7.99. The summed E-state index contributed by atoms with van der Waals surface area (Å²) in [5, 5.41) is 9.38. The number of carbonyl (C=O) groups is 2. The topological polar surface area (TPSA) is 76.0 Å². The molecule has 0 bridgehead atoms. The maximum atomic E-state index is 13.7. The van der Waals surface area contributed by atoms with Crippen LogP contribution in [0.1, 0.15) is 36.5 Å². The Morgan fingerprint density at radius 3 is 1.84 bits per heavy atom. The number of nitrogens with one attached hydrogen (secondary N) is 2. The highest BCUT2D eigenvalue weighted by Gasteiger charge is 2.32. The van der Waals surface area contributed by atoms with E-state index < -0.39 is 40.9 Å². The number of amides is 2. The molecule has 258 valence electrons. The van der Waals surface area contributed by atoms with Crippen LogP contribution < -0.4 is 10.6 Å². The van der Waals surface area contributed by atoms with E-state index >= 15 is 0 Å². The predicted molar refractivity (Wildman–Crippen MR) is 183 cm³/mol. The van der Waals surface area contributed by atoms with E-state index in [1.165, 1.54) is 22.9 Å². The summed E-state index contributed by atoms with van der Waals surface area (Å²) in [6.45, 7) is 2.11. The molecule has 0 aliphatic rings. The fraction of sp³-hybridized carbons (Fsp3) is 0.162. The van der Waals surface area contributed by atoms with Crippen LogP contribution in [0.4, 0.5) is 37.7 Å². The van der Waals surface area contributed by atoms with Crippen LogP contribution in [-0.2, 0) is 21.9 Å². The monoisotopic (exact) mass is 708 g/mol. The van der Waals surface area contributed by atoms with Crippen molar-refractivity contribution in [3.8, 4) is 16.9 Å². The fourth-order valence-corrected chi connectivity index (χ4v) is 5.80. The van der Waals surface area contributed by atoms with Gasteiger partial charge in [0, 0.05) is 33.6 Å². The standard InChI is InChI=1S/C37H30F6N4O2S/c1-2-3-19-50-31-17-15-24(16-18-31)33-25(23-47(46-33)30-13-5-4-6-14-30)20-32(34(48)44-28-11-7-9-26(21-28)36(38,39)40)35(49)45-29-12-8-10-27(22-29)37(41,42)43/h4-18,20-23H,2-3,19H2,1H3,(H,44,48)(H,45,49). The zero-order chi connectivity index (χ0) is 35.9. The van der Waals surface area contributed by atoms with Crippen LogP contribution >= 0.6 is 11.8 Å². The maximum absolute atomic E-state index is 13.7. The van der Waals surface area contributed by atoms with Gasteiger partial charge >= 0.3 is 12.4 Å². The van der Waals surface area contributed by atoms with Gasteiger partial charge < -0.3 is 10.6 Å². The quantitative estimate of drug-likeness (QED) is 0.0358. The minimum absolute atomic E-state index is 0.251. The van der Waals surface area contributed by atoms with Gasteiger partial charge in [-0.05, 0) is 78.9 Å². The Kier molecular flexibility index (Phi) is 11.2. The summed E-state index contributed by atoms with van der Waals surface area (Å²) in [4.78, 5) is 28.4. The fourth-order valence-electron chi connectivity index (χ4n) is 4.81. The van der Waals surface area contributed by atoms with E-state index in [0.29, 0.717) is 29.1 Å². The van der Waals surface area contributed by atoms with Gasteiger partial charge in [-0.2, -0.15) is 31.4 Å². The van der Waals surface area contributed by atoms with Crippen LogP contribution in [0, 0.1) is 0 Å². The van der Waals surface area contributed by atoms with E-state index in [2.05, 4.69) is 17.6 Å². The zero-order valence-electron chi connectivity index (χ0n) is 26.5. The van der Waals surface area contributed by atoms with Crippen molar-refractivity contribution in [2.24, 2.45) is 0 Å². The minimum atomic E-state index is -4.70. The number of para-hydroxylation sites is 1. The van der Waals surface area contributed by atoms with Crippen LogP contribution in [0.15, 0.2) is 120 Å². The number of carbonyl (C=O) groups excluding carboxylic acids is 2. The molecule has 0 radical (unpaired) electrons. The lowest BCUT2D eigenvalue weighted by Crippen LogP contribution is -2.25. The third kappa shape index (κ3) is 9.23. The molecular formula is C37H30F6N4O2S. The van der Waals surface area contributed by atoms with Crippen LogP contribution in [0.2, 0.25) is 0 Å². The maximum Gasteiger partial charge on any atom is 0.416 e. The normalized spacial score (nSPS) is 11.6. The lowest BCUT2D eigenvalue weighted by atomic mass is 10.0. The SMILES string of the molecule is CCCCSc1ccc(-c2nn(-c3ccccc3)cc2C=C(C(=O)Nc2cccc(C(F)(F)F)c2)C(=O)Nc2cccc(C(F)(F)F)c2)cc1. The molecule has 0 unspecified atom stereocenters. The highest BCUT2D eigenvalue weighted by atomic mass is 32.2. The highest BCUT2D eigenvalue weighted by Crippen LogP contribution is 2.33. The Bertz CT molecular complexity index is 1910. The molecule has 4 aromatic carbocycles. The number of hydrogen-bond donors (Lipinski definition) is 2. The van der Waals surface area contributed by atoms with Crippen LogP contribution in [0.25, 0.3) is 23.0 Å².